The van der Waals surface area contributed by atoms with Gasteiger partial charge < -0.3 is 20.7 Å². The van der Waals surface area contributed by atoms with Gasteiger partial charge in [0.1, 0.15) is 5.75 Å². The monoisotopic (exact) mass is 394 g/mol. The predicted molar refractivity (Wildman–Crippen MR) is 116 cm³/mol. The number of nitrogens with one attached hydrogen (secondary N) is 3. The van der Waals surface area contributed by atoms with E-state index in [-0.39, 0.29) is 17.9 Å². The molecule has 0 saturated heterocycles. The lowest BCUT2D eigenvalue weighted by Gasteiger charge is -2.43. The molecular weight excluding hydrogens is 364 g/mol. The Kier molecular flexibility index (Phi) is 7.11. The molecular formula is C23H30N4O2. The van der Waals surface area contributed by atoms with Crippen LogP contribution < -0.4 is 20.7 Å². The van der Waals surface area contributed by atoms with Gasteiger partial charge in [-0.3, -0.25) is 9.79 Å². The number of guanidine groups is 1. The smallest absolute Gasteiger partial charge is 0.239 e. The van der Waals surface area contributed by atoms with E-state index in [1.165, 1.54) is 24.8 Å². The molecule has 6 nitrogen and oxygen atoms in total. The van der Waals surface area contributed by atoms with Crippen LogP contribution in [0.5, 0.6) is 5.75 Å². The SMILES string of the molecule is CN=C(NCC(=O)NCc1ccc(OC)cc1)NCC1(c2ccccc2)CCC1. The topological polar surface area (TPSA) is 74.8 Å². The number of ether oxygens (including phenoxy) is 1. The molecule has 0 heterocycles. The molecule has 154 valence electrons. The Morgan fingerprint density at radius 3 is 2.34 bits per heavy atom. The van der Waals surface area contributed by atoms with Crippen molar-refractivity contribution in [2.75, 3.05) is 27.2 Å². The number of hydrogen-bond acceptors (Lipinski definition) is 3. The molecule has 1 fully saturated rings. The van der Waals surface area contributed by atoms with E-state index >= 15 is 0 Å². The van der Waals surface area contributed by atoms with E-state index in [0.717, 1.165) is 17.9 Å². The summed E-state index contributed by atoms with van der Waals surface area (Å²) in [6, 6.07) is 18.3. The largest absolute Gasteiger partial charge is 0.497 e. The molecule has 0 unspecified atom stereocenters. The first-order valence-electron chi connectivity index (χ1n) is 10.0. The van der Waals surface area contributed by atoms with E-state index in [4.69, 9.17) is 4.74 Å². The molecule has 6 heteroatoms. The highest BCUT2D eigenvalue weighted by Crippen LogP contribution is 2.43. The summed E-state index contributed by atoms with van der Waals surface area (Å²) in [6.07, 6.45) is 3.59. The number of benzene rings is 2. The number of methoxy groups -OCH3 is 1. The minimum atomic E-state index is -0.0785. The Hall–Kier alpha value is -3.02. The molecule has 0 atom stereocenters. The van der Waals surface area contributed by atoms with Crippen molar-refractivity contribution in [1.29, 1.82) is 0 Å². The molecule has 2 aromatic carbocycles. The van der Waals surface area contributed by atoms with Gasteiger partial charge in [0.25, 0.3) is 0 Å². The molecule has 0 aromatic heterocycles. The number of aliphatic imine (C=N–C) groups is 1. The van der Waals surface area contributed by atoms with Gasteiger partial charge in [0.2, 0.25) is 5.91 Å². The van der Waals surface area contributed by atoms with E-state index in [9.17, 15) is 4.79 Å². The second-order valence-electron chi connectivity index (χ2n) is 7.40. The van der Waals surface area contributed by atoms with Crippen LogP contribution in [0.4, 0.5) is 0 Å². The summed E-state index contributed by atoms with van der Waals surface area (Å²) in [6.45, 7) is 1.46. The van der Waals surface area contributed by atoms with Crippen LogP contribution in [-0.4, -0.2) is 39.1 Å². The molecule has 0 spiro atoms. The standard InChI is InChI=1S/C23H30N4O2/c1-24-22(27-17-23(13-6-14-23)19-7-4-3-5-8-19)26-16-21(28)25-15-18-9-11-20(29-2)12-10-18/h3-5,7-12H,6,13-17H2,1-2H3,(H,25,28)(H2,24,26,27). The zero-order valence-electron chi connectivity index (χ0n) is 17.2. The van der Waals surface area contributed by atoms with Gasteiger partial charge in [-0.15, -0.1) is 0 Å². The van der Waals surface area contributed by atoms with Crippen LogP contribution in [0.25, 0.3) is 0 Å². The molecule has 0 radical (unpaired) electrons. The van der Waals surface area contributed by atoms with Gasteiger partial charge >= 0.3 is 0 Å². The summed E-state index contributed by atoms with van der Waals surface area (Å²) in [5, 5.41) is 9.41. The number of hydrogen-bond donors (Lipinski definition) is 3. The molecule has 0 bridgehead atoms. The van der Waals surface area contributed by atoms with Crippen LogP contribution in [0.2, 0.25) is 0 Å². The van der Waals surface area contributed by atoms with E-state index in [2.05, 4.69) is 45.2 Å². The van der Waals surface area contributed by atoms with Crippen LogP contribution in [0, 0.1) is 0 Å². The highest BCUT2D eigenvalue weighted by molar-refractivity contribution is 5.86. The maximum absolute atomic E-state index is 12.2. The highest BCUT2D eigenvalue weighted by Gasteiger charge is 2.38. The van der Waals surface area contributed by atoms with Crippen molar-refractivity contribution in [2.24, 2.45) is 4.99 Å². The third-order valence-corrected chi connectivity index (χ3v) is 5.58. The lowest BCUT2D eigenvalue weighted by Crippen LogP contribution is -2.50. The van der Waals surface area contributed by atoms with Crippen molar-refractivity contribution < 1.29 is 9.53 Å². The Labute approximate surface area is 172 Å². The molecule has 29 heavy (non-hydrogen) atoms. The average Bonchev–Trinajstić information content (AvgIpc) is 2.74. The van der Waals surface area contributed by atoms with Gasteiger partial charge in [-0.05, 0) is 36.1 Å². The molecule has 1 aliphatic carbocycles. The fourth-order valence-corrected chi connectivity index (χ4v) is 3.61. The molecule has 1 amide bonds. The summed E-state index contributed by atoms with van der Waals surface area (Å²) in [5.74, 6) is 1.37. The van der Waals surface area contributed by atoms with Gasteiger partial charge in [0.15, 0.2) is 5.96 Å². The van der Waals surface area contributed by atoms with Crippen LogP contribution in [0.3, 0.4) is 0 Å². The van der Waals surface area contributed by atoms with Gasteiger partial charge in [0.05, 0.1) is 13.7 Å². The number of carbonyl (C=O) groups is 1. The van der Waals surface area contributed by atoms with E-state index in [0.29, 0.717) is 12.5 Å². The fourth-order valence-electron chi connectivity index (χ4n) is 3.61. The van der Waals surface area contributed by atoms with Crippen molar-refractivity contribution in [3.05, 3.63) is 65.7 Å². The number of nitrogens with zero attached hydrogens (tertiary/aromatic N) is 1. The Bertz CT molecular complexity index is 815. The first kappa shape index (κ1) is 20.7. The summed E-state index contributed by atoms with van der Waals surface area (Å²) >= 11 is 0. The molecule has 3 N–H and O–H groups in total. The molecule has 2 aromatic rings. The minimum absolute atomic E-state index is 0.0785. The molecule has 1 saturated carbocycles. The minimum Gasteiger partial charge on any atom is -0.497 e. The van der Waals surface area contributed by atoms with Crippen molar-refractivity contribution in [1.82, 2.24) is 16.0 Å². The Morgan fingerprint density at radius 2 is 1.76 bits per heavy atom. The summed E-state index contributed by atoms with van der Waals surface area (Å²) in [4.78, 5) is 16.4. The summed E-state index contributed by atoms with van der Waals surface area (Å²) < 4.78 is 5.14. The van der Waals surface area contributed by atoms with Crippen LogP contribution in [-0.2, 0) is 16.8 Å². The van der Waals surface area contributed by atoms with Crippen molar-refractivity contribution in [2.45, 2.75) is 31.2 Å². The van der Waals surface area contributed by atoms with Crippen molar-refractivity contribution in [3.63, 3.8) is 0 Å². The second-order valence-corrected chi connectivity index (χ2v) is 7.40. The van der Waals surface area contributed by atoms with Crippen molar-refractivity contribution in [3.8, 4) is 5.75 Å². The summed E-state index contributed by atoms with van der Waals surface area (Å²) in [5.41, 5.74) is 2.55. The van der Waals surface area contributed by atoms with E-state index in [1.807, 2.05) is 30.3 Å². The molecule has 3 rings (SSSR count). The van der Waals surface area contributed by atoms with Crippen LogP contribution >= 0.6 is 0 Å². The zero-order chi connectivity index (χ0) is 20.5. The number of rotatable bonds is 8. The van der Waals surface area contributed by atoms with Crippen LogP contribution in [0.15, 0.2) is 59.6 Å². The average molecular weight is 395 g/mol. The quantitative estimate of drug-likeness (QED) is 0.475. The van der Waals surface area contributed by atoms with Gasteiger partial charge in [0, 0.05) is 25.6 Å². The third-order valence-electron chi connectivity index (χ3n) is 5.58. The Balaban J connectivity index is 1.43. The summed E-state index contributed by atoms with van der Waals surface area (Å²) in [7, 11) is 3.36. The third kappa shape index (κ3) is 5.50. The Morgan fingerprint density at radius 1 is 1.03 bits per heavy atom. The zero-order valence-corrected chi connectivity index (χ0v) is 17.2. The molecule has 0 aliphatic heterocycles. The van der Waals surface area contributed by atoms with Gasteiger partial charge in [-0.25, -0.2) is 0 Å². The maximum atomic E-state index is 12.2. The first-order chi connectivity index (χ1) is 14.1. The normalized spacial score (nSPS) is 15.2. The van der Waals surface area contributed by atoms with Gasteiger partial charge in [-0.2, -0.15) is 0 Å². The number of carbonyl (C=O) groups excluding carboxylic acids is 1. The van der Waals surface area contributed by atoms with E-state index in [1.54, 1.807) is 14.2 Å². The predicted octanol–water partition coefficient (Wildman–Crippen LogP) is 2.60. The first-order valence-corrected chi connectivity index (χ1v) is 10.0. The maximum Gasteiger partial charge on any atom is 0.239 e. The van der Waals surface area contributed by atoms with Gasteiger partial charge in [-0.1, -0.05) is 48.9 Å². The van der Waals surface area contributed by atoms with Crippen molar-refractivity contribution >= 4 is 11.9 Å². The number of amides is 1. The second kappa shape index (κ2) is 9.96. The lowest BCUT2D eigenvalue weighted by atomic mass is 9.64. The van der Waals surface area contributed by atoms with Crippen LogP contribution in [0.1, 0.15) is 30.4 Å². The fraction of sp³-hybridized carbons (Fsp3) is 0.391. The molecule has 1 aliphatic rings. The highest BCUT2D eigenvalue weighted by atomic mass is 16.5. The van der Waals surface area contributed by atoms with E-state index < -0.39 is 0 Å². The lowest BCUT2D eigenvalue weighted by molar-refractivity contribution is -0.120.